The highest BCUT2D eigenvalue weighted by molar-refractivity contribution is 7.22. The fourth-order valence-electron chi connectivity index (χ4n) is 4.34. The van der Waals surface area contributed by atoms with Gasteiger partial charge in [-0.05, 0) is 35.9 Å². The van der Waals surface area contributed by atoms with Gasteiger partial charge in [-0.2, -0.15) is 0 Å². The Kier molecular flexibility index (Phi) is 5.28. The van der Waals surface area contributed by atoms with Gasteiger partial charge in [0.05, 0.1) is 22.7 Å². The number of aromatic nitrogens is 1. The molecule has 5 aromatic rings. The van der Waals surface area contributed by atoms with E-state index in [0.29, 0.717) is 28.2 Å². The Morgan fingerprint density at radius 3 is 2.24 bits per heavy atom. The lowest BCUT2D eigenvalue weighted by Gasteiger charge is -2.31. The molecular formula is C28H19ClN2O2S. The number of rotatable bonds is 4. The molecule has 0 saturated heterocycles. The number of para-hydroxylation sites is 2. The molecule has 4 nitrogen and oxygen atoms in total. The summed E-state index contributed by atoms with van der Waals surface area (Å²) in [7, 11) is 0. The lowest BCUT2D eigenvalue weighted by atomic mass is 9.87. The van der Waals surface area contributed by atoms with E-state index in [1.165, 1.54) is 11.3 Å². The summed E-state index contributed by atoms with van der Waals surface area (Å²) in [5, 5.41) is 1.29. The molecule has 2 heterocycles. The summed E-state index contributed by atoms with van der Waals surface area (Å²) in [6.07, 6.45) is 0. The molecule has 0 N–H and O–H groups in total. The lowest BCUT2D eigenvalue weighted by molar-refractivity contribution is -0.119. The molecule has 1 amide bonds. The maximum absolute atomic E-state index is 14.4. The van der Waals surface area contributed by atoms with Gasteiger partial charge in [0.2, 0.25) is 5.91 Å². The van der Waals surface area contributed by atoms with Crippen molar-refractivity contribution < 1.29 is 9.53 Å². The van der Waals surface area contributed by atoms with Crippen LogP contribution in [0.5, 0.6) is 11.5 Å². The summed E-state index contributed by atoms with van der Waals surface area (Å²) in [5.74, 6) is 0.864. The average Bonchev–Trinajstić information content (AvgIpc) is 3.29. The number of hydrogen-bond acceptors (Lipinski definition) is 4. The van der Waals surface area contributed by atoms with Gasteiger partial charge in [0, 0.05) is 16.1 Å². The first-order chi connectivity index (χ1) is 16.7. The molecule has 0 unspecified atom stereocenters. The van der Waals surface area contributed by atoms with Gasteiger partial charge in [-0.15, -0.1) is 0 Å². The standard InChI is InChI=1S/C28H19ClN2O2S/c29-19-14-15-22-25(16-19)34-28(30-22)31(17-18-8-2-1-3-9-18)27(32)26-20-10-4-6-12-23(20)33-24-13-7-5-11-21(24)26/h1-16,26H,17H2. The van der Waals surface area contributed by atoms with Gasteiger partial charge in [-0.1, -0.05) is 89.7 Å². The van der Waals surface area contributed by atoms with Crippen LogP contribution in [0.25, 0.3) is 10.2 Å². The third-order valence-corrected chi connectivity index (χ3v) is 7.22. The molecule has 0 radical (unpaired) electrons. The number of benzene rings is 4. The van der Waals surface area contributed by atoms with E-state index in [0.717, 1.165) is 26.9 Å². The summed E-state index contributed by atoms with van der Waals surface area (Å²) in [6.45, 7) is 0.412. The number of halogens is 1. The van der Waals surface area contributed by atoms with Crippen LogP contribution in [0.3, 0.4) is 0 Å². The van der Waals surface area contributed by atoms with Crippen molar-refractivity contribution in [3.05, 3.63) is 119 Å². The van der Waals surface area contributed by atoms with Crippen LogP contribution in [0, 0.1) is 0 Å². The quantitative estimate of drug-likeness (QED) is 0.267. The predicted molar refractivity (Wildman–Crippen MR) is 137 cm³/mol. The minimum atomic E-state index is -0.500. The first kappa shape index (κ1) is 20.9. The van der Waals surface area contributed by atoms with Crippen LogP contribution in [0.2, 0.25) is 5.02 Å². The molecule has 0 aliphatic carbocycles. The fraction of sp³-hybridized carbons (Fsp3) is 0.0714. The summed E-state index contributed by atoms with van der Waals surface area (Å²) >= 11 is 7.69. The number of carbonyl (C=O) groups excluding carboxylic acids is 1. The molecule has 6 heteroatoms. The predicted octanol–water partition coefficient (Wildman–Crippen LogP) is 7.42. The Morgan fingerprint density at radius 1 is 0.882 bits per heavy atom. The van der Waals surface area contributed by atoms with Gasteiger partial charge < -0.3 is 4.74 Å². The number of ether oxygens (including phenoxy) is 1. The zero-order chi connectivity index (χ0) is 23.1. The Balaban J connectivity index is 1.49. The van der Waals surface area contributed by atoms with E-state index >= 15 is 0 Å². The molecule has 0 saturated carbocycles. The van der Waals surface area contributed by atoms with Crippen molar-refractivity contribution in [1.29, 1.82) is 0 Å². The number of hydrogen-bond donors (Lipinski definition) is 0. The van der Waals surface area contributed by atoms with E-state index in [-0.39, 0.29) is 5.91 Å². The Hall–Kier alpha value is -3.67. The molecule has 1 aliphatic heterocycles. The molecule has 1 aromatic heterocycles. The summed E-state index contributed by atoms with van der Waals surface area (Å²) in [6, 6.07) is 31.1. The molecule has 0 spiro atoms. The minimum Gasteiger partial charge on any atom is -0.457 e. The molecule has 4 aromatic carbocycles. The third-order valence-electron chi connectivity index (χ3n) is 5.95. The van der Waals surface area contributed by atoms with Crippen LogP contribution in [-0.2, 0) is 11.3 Å². The van der Waals surface area contributed by atoms with Gasteiger partial charge in [0.1, 0.15) is 11.5 Å². The molecule has 0 bridgehead atoms. The molecule has 6 rings (SSSR count). The maximum atomic E-state index is 14.4. The topological polar surface area (TPSA) is 42.4 Å². The van der Waals surface area contributed by atoms with Gasteiger partial charge in [-0.3, -0.25) is 9.69 Å². The van der Waals surface area contributed by atoms with Gasteiger partial charge in [0.25, 0.3) is 0 Å². The van der Waals surface area contributed by atoms with E-state index < -0.39 is 5.92 Å². The van der Waals surface area contributed by atoms with E-state index in [1.807, 2.05) is 97.1 Å². The van der Waals surface area contributed by atoms with Gasteiger partial charge in [-0.25, -0.2) is 4.98 Å². The molecule has 166 valence electrons. The summed E-state index contributed by atoms with van der Waals surface area (Å²) in [5.41, 5.74) is 3.56. The van der Waals surface area contributed by atoms with Crippen molar-refractivity contribution in [2.45, 2.75) is 12.5 Å². The van der Waals surface area contributed by atoms with Crippen molar-refractivity contribution in [3.8, 4) is 11.5 Å². The largest absolute Gasteiger partial charge is 0.457 e. The monoisotopic (exact) mass is 482 g/mol. The van der Waals surface area contributed by atoms with E-state index in [1.54, 1.807) is 4.90 Å². The van der Waals surface area contributed by atoms with Gasteiger partial charge >= 0.3 is 0 Å². The SMILES string of the molecule is O=C(C1c2ccccc2Oc2ccccc21)N(Cc1ccccc1)c1nc2ccc(Cl)cc2s1. The molecular weight excluding hydrogens is 464 g/mol. The van der Waals surface area contributed by atoms with Crippen molar-refractivity contribution in [2.75, 3.05) is 4.90 Å². The van der Waals surface area contributed by atoms with E-state index in [9.17, 15) is 4.79 Å². The van der Waals surface area contributed by atoms with E-state index in [2.05, 4.69) is 0 Å². The minimum absolute atomic E-state index is 0.0443. The molecule has 1 aliphatic rings. The number of thiazole rings is 1. The Bertz CT molecular complexity index is 1470. The number of nitrogens with zero attached hydrogens (tertiary/aromatic N) is 2. The normalized spacial score (nSPS) is 12.6. The van der Waals surface area contributed by atoms with E-state index in [4.69, 9.17) is 21.3 Å². The zero-order valence-corrected chi connectivity index (χ0v) is 19.6. The number of carbonyl (C=O) groups is 1. The fourth-order valence-corrected chi connectivity index (χ4v) is 5.59. The Morgan fingerprint density at radius 2 is 1.53 bits per heavy atom. The highest BCUT2D eigenvalue weighted by Crippen LogP contribution is 2.45. The van der Waals surface area contributed by atoms with Crippen molar-refractivity contribution in [1.82, 2.24) is 4.98 Å². The lowest BCUT2D eigenvalue weighted by Crippen LogP contribution is -2.36. The smallest absolute Gasteiger partial charge is 0.241 e. The molecule has 0 atom stereocenters. The first-order valence-electron chi connectivity index (χ1n) is 10.9. The van der Waals surface area contributed by atoms with Crippen molar-refractivity contribution >= 4 is 44.2 Å². The van der Waals surface area contributed by atoms with Crippen LogP contribution < -0.4 is 9.64 Å². The zero-order valence-electron chi connectivity index (χ0n) is 18.0. The molecule has 34 heavy (non-hydrogen) atoms. The number of amides is 1. The third kappa shape index (κ3) is 3.73. The van der Waals surface area contributed by atoms with Gasteiger partial charge in [0.15, 0.2) is 5.13 Å². The molecule has 0 fully saturated rings. The number of anilines is 1. The van der Waals surface area contributed by atoms with Crippen LogP contribution in [0.15, 0.2) is 97.1 Å². The average molecular weight is 483 g/mol. The second-order valence-corrected chi connectivity index (χ2v) is 9.57. The second-order valence-electron chi connectivity index (χ2n) is 8.13. The van der Waals surface area contributed by atoms with Crippen LogP contribution >= 0.6 is 22.9 Å². The second kappa shape index (κ2) is 8.60. The van der Waals surface area contributed by atoms with Crippen molar-refractivity contribution in [2.24, 2.45) is 0 Å². The first-order valence-corrected chi connectivity index (χ1v) is 12.1. The number of fused-ring (bicyclic) bond motifs is 3. The highest BCUT2D eigenvalue weighted by Gasteiger charge is 2.36. The van der Waals surface area contributed by atoms with Crippen LogP contribution in [0.1, 0.15) is 22.6 Å². The van der Waals surface area contributed by atoms with Crippen molar-refractivity contribution in [3.63, 3.8) is 0 Å². The Labute approximate surface area is 206 Å². The highest BCUT2D eigenvalue weighted by atomic mass is 35.5. The maximum Gasteiger partial charge on any atom is 0.241 e. The van der Waals surface area contributed by atoms with Crippen LogP contribution in [-0.4, -0.2) is 10.9 Å². The summed E-state index contributed by atoms with van der Waals surface area (Å²) in [4.78, 5) is 21.0. The summed E-state index contributed by atoms with van der Waals surface area (Å²) < 4.78 is 7.07. The van der Waals surface area contributed by atoms with Crippen LogP contribution in [0.4, 0.5) is 5.13 Å².